The smallest absolute Gasteiger partial charge is 0.382 e. The summed E-state index contributed by atoms with van der Waals surface area (Å²) in [5, 5.41) is 10.1. The lowest BCUT2D eigenvalue weighted by molar-refractivity contribution is -0.137. The third-order valence-corrected chi connectivity index (χ3v) is 7.40. The first-order chi connectivity index (χ1) is 19.5. The van der Waals surface area contributed by atoms with Gasteiger partial charge in [0.25, 0.3) is 0 Å². The molecular weight excluding hydrogens is 535 g/mol. The Labute approximate surface area is 234 Å². The first kappa shape index (κ1) is 27.9. The van der Waals surface area contributed by atoms with Gasteiger partial charge in [0.1, 0.15) is 0 Å². The molecule has 12 heteroatoms. The summed E-state index contributed by atoms with van der Waals surface area (Å²) < 4.78 is 40.8. The van der Waals surface area contributed by atoms with E-state index < -0.39 is 23.2 Å². The molecule has 0 saturated heterocycles. The number of aromatic nitrogens is 3. The van der Waals surface area contributed by atoms with Crippen molar-refractivity contribution in [2.75, 3.05) is 29.5 Å². The van der Waals surface area contributed by atoms with Crippen LogP contribution in [0.4, 0.5) is 35.2 Å². The summed E-state index contributed by atoms with van der Waals surface area (Å²) in [4.78, 5) is 32.8. The van der Waals surface area contributed by atoms with E-state index >= 15 is 0 Å². The molecule has 1 aliphatic carbocycles. The van der Waals surface area contributed by atoms with Crippen molar-refractivity contribution in [2.45, 2.75) is 38.3 Å². The summed E-state index contributed by atoms with van der Waals surface area (Å²) in [5.41, 5.74) is 7.69. The van der Waals surface area contributed by atoms with Crippen LogP contribution in [0.2, 0.25) is 0 Å². The number of carbonyl (C=O) groups is 2. The third-order valence-electron chi connectivity index (χ3n) is 7.40. The molecule has 1 saturated carbocycles. The summed E-state index contributed by atoms with van der Waals surface area (Å²) in [6.45, 7) is 5.09. The fraction of sp³-hybridized carbons (Fsp3) is 0.310. The Morgan fingerprint density at radius 2 is 1.66 bits per heavy atom. The number of hydrogen-bond donors (Lipinski definition) is 3. The predicted molar refractivity (Wildman–Crippen MR) is 151 cm³/mol. The quantitative estimate of drug-likeness (QED) is 0.263. The highest BCUT2D eigenvalue weighted by Gasteiger charge is 2.54. The molecule has 4 aromatic rings. The lowest BCUT2D eigenvalue weighted by atomic mass is 9.94. The number of pyridine rings is 1. The van der Waals surface area contributed by atoms with Crippen molar-refractivity contribution in [1.82, 2.24) is 19.7 Å². The van der Waals surface area contributed by atoms with Crippen LogP contribution in [-0.2, 0) is 23.4 Å². The number of urea groups is 1. The molecule has 0 aliphatic heterocycles. The van der Waals surface area contributed by atoms with Gasteiger partial charge >= 0.3 is 12.2 Å². The zero-order valence-electron chi connectivity index (χ0n) is 22.8. The van der Waals surface area contributed by atoms with Crippen LogP contribution in [0.3, 0.4) is 0 Å². The molecule has 4 N–H and O–H groups in total. The molecule has 5 rings (SSSR count). The van der Waals surface area contributed by atoms with Crippen LogP contribution in [-0.4, -0.2) is 44.7 Å². The highest BCUT2D eigenvalue weighted by atomic mass is 19.4. The number of nitrogens with two attached hydrogens (primary N) is 1. The number of amides is 3. The topological polar surface area (TPSA) is 118 Å². The Morgan fingerprint density at radius 1 is 1.02 bits per heavy atom. The van der Waals surface area contributed by atoms with Crippen molar-refractivity contribution in [3.63, 3.8) is 0 Å². The minimum Gasteiger partial charge on any atom is -0.382 e. The first-order valence-corrected chi connectivity index (χ1v) is 13.3. The van der Waals surface area contributed by atoms with E-state index in [1.54, 1.807) is 29.9 Å². The van der Waals surface area contributed by atoms with E-state index in [1.165, 1.54) is 12.1 Å². The lowest BCUT2D eigenvalue weighted by Gasteiger charge is -2.25. The number of fused-ring (bicyclic) bond motifs is 1. The maximum absolute atomic E-state index is 13.5. The number of benzene rings is 2. The van der Waals surface area contributed by atoms with Crippen molar-refractivity contribution in [2.24, 2.45) is 7.05 Å². The second-order valence-corrected chi connectivity index (χ2v) is 10.1. The summed E-state index contributed by atoms with van der Waals surface area (Å²) in [6, 6.07) is 12.5. The van der Waals surface area contributed by atoms with E-state index in [0.29, 0.717) is 59.5 Å². The van der Waals surface area contributed by atoms with Crippen LogP contribution >= 0.6 is 0 Å². The third kappa shape index (κ3) is 5.29. The SMILES string of the molecule is CCN(CC)C(=O)C1(c2cc(-c3cccc(NC(=O)Nc4cccc(C(F)(F)F)c4)c3)c3c(N)nn(C)c3n2)CC1. The zero-order chi connectivity index (χ0) is 29.5. The van der Waals surface area contributed by atoms with Crippen molar-refractivity contribution >= 4 is 40.2 Å². The Bertz CT molecular complexity index is 1640. The second kappa shape index (κ2) is 10.4. The molecule has 2 heterocycles. The summed E-state index contributed by atoms with van der Waals surface area (Å²) >= 11 is 0. The van der Waals surface area contributed by atoms with E-state index in [1.807, 2.05) is 30.9 Å². The second-order valence-electron chi connectivity index (χ2n) is 10.1. The van der Waals surface area contributed by atoms with Gasteiger partial charge in [-0.2, -0.15) is 18.3 Å². The van der Waals surface area contributed by atoms with Crippen LogP contribution in [0.5, 0.6) is 0 Å². The molecule has 41 heavy (non-hydrogen) atoms. The van der Waals surface area contributed by atoms with Crippen molar-refractivity contribution in [3.05, 3.63) is 65.9 Å². The largest absolute Gasteiger partial charge is 0.416 e. The van der Waals surface area contributed by atoms with Crippen molar-refractivity contribution in [1.29, 1.82) is 0 Å². The lowest BCUT2D eigenvalue weighted by Crippen LogP contribution is -2.39. The van der Waals surface area contributed by atoms with Crippen LogP contribution in [0, 0.1) is 0 Å². The molecule has 0 unspecified atom stereocenters. The first-order valence-electron chi connectivity index (χ1n) is 13.3. The van der Waals surface area contributed by atoms with Crippen molar-refractivity contribution < 1.29 is 22.8 Å². The minimum absolute atomic E-state index is 0.00435. The monoisotopic (exact) mass is 565 g/mol. The Morgan fingerprint density at radius 3 is 2.27 bits per heavy atom. The van der Waals surface area contributed by atoms with Crippen LogP contribution in [0.15, 0.2) is 54.6 Å². The predicted octanol–water partition coefficient (Wildman–Crippen LogP) is 5.78. The van der Waals surface area contributed by atoms with E-state index in [4.69, 9.17) is 10.7 Å². The molecule has 0 spiro atoms. The van der Waals surface area contributed by atoms with E-state index in [-0.39, 0.29) is 17.4 Å². The van der Waals surface area contributed by atoms with E-state index in [9.17, 15) is 22.8 Å². The van der Waals surface area contributed by atoms with Gasteiger partial charge < -0.3 is 21.3 Å². The fourth-order valence-electron chi connectivity index (χ4n) is 5.10. The number of carbonyl (C=O) groups excluding carboxylic acids is 2. The van der Waals surface area contributed by atoms with Gasteiger partial charge in [-0.05, 0) is 74.2 Å². The van der Waals surface area contributed by atoms with Gasteiger partial charge in [-0.1, -0.05) is 18.2 Å². The molecule has 2 aromatic carbocycles. The summed E-state index contributed by atoms with van der Waals surface area (Å²) in [6.07, 6.45) is -3.16. The maximum atomic E-state index is 13.5. The van der Waals surface area contributed by atoms with Crippen LogP contribution in [0.25, 0.3) is 22.2 Å². The molecule has 9 nitrogen and oxygen atoms in total. The molecule has 0 atom stereocenters. The minimum atomic E-state index is -4.53. The highest BCUT2D eigenvalue weighted by Crippen LogP contribution is 2.50. The molecular formula is C29H30F3N7O2. The van der Waals surface area contributed by atoms with Crippen molar-refractivity contribution in [3.8, 4) is 11.1 Å². The van der Waals surface area contributed by atoms with Gasteiger partial charge in [0.2, 0.25) is 5.91 Å². The van der Waals surface area contributed by atoms with Gasteiger partial charge in [-0.25, -0.2) is 14.5 Å². The number of hydrogen-bond acceptors (Lipinski definition) is 5. The number of likely N-dealkylation sites (N-methyl/N-ethyl adjacent to an activating group) is 1. The Kier molecular flexibility index (Phi) is 7.10. The van der Waals surface area contributed by atoms with Gasteiger partial charge in [0.15, 0.2) is 11.5 Å². The molecule has 0 bridgehead atoms. The Balaban J connectivity index is 1.48. The highest BCUT2D eigenvalue weighted by molar-refractivity contribution is 6.03. The Hall–Kier alpha value is -4.61. The van der Waals surface area contributed by atoms with Crippen LogP contribution in [0.1, 0.15) is 37.9 Å². The zero-order valence-corrected chi connectivity index (χ0v) is 22.8. The standard InChI is InChI=1S/C29H30F3N7O2/c1-4-39(5-2)26(40)28(12-13-28)22-16-21(23-24(33)37-38(3)25(23)36-22)17-8-6-10-19(14-17)34-27(41)35-20-11-7-9-18(15-20)29(30,31)32/h6-11,14-16H,4-5,12-13H2,1-3H3,(H2,33,37)(H2,34,35,41). The number of alkyl halides is 3. The number of halogens is 3. The average Bonchev–Trinajstić information content (AvgIpc) is 3.69. The van der Waals surface area contributed by atoms with Gasteiger partial charge in [0, 0.05) is 31.5 Å². The number of nitrogens with zero attached hydrogens (tertiary/aromatic N) is 4. The molecule has 1 fully saturated rings. The van der Waals surface area contributed by atoms with Gasteiger partial charge in [0.05, 0.1) is 22.1 Å². The van der Waals surface area contributed by atoms with E-state index in [0.717, 1.165) is 12.1 Å². The number of rotatable bonds is 7. The average molecular weight is 566 g/mol. The molecule has 2 aromatic heterocycles. The number of nitrogen functional groups attached to an aromatic ring is 1. The normalized spacial score (nSPS) is 14.1. The van der Waals surface area contributed by atoms with E-state index in [2.05, 4.69) is 15.7 Å². The maximum Gasteiger partial charge on any atom is 0.416 e. The molecule has 3 amide bonds. The molecule has 0 radical (unpaired) electrons. The number of anilines is 3. The fourth-order valence-corrected chi connectivity index (χ4v) is 5.10. The molecule has 214 valence electrons. The summed E-state index contributed by atoms with van der Waals surface area (Å²) in [7, 11) is 1.74. The number of aryl methyl sites for hydroxylation is 1. The van der Waals surface area contributed by atoms with Crippen LogP contribution < -0.4 is 16.4 Å². The number of nitrogens with one attached hydrogen (secondary N) is 2. The molecule has 1 aliphatic rings. The summed E-state index contributed by atoms with van der Waals surface area (Å²) in [5.74, 6) is 0.314. The van der Waals surface area contributed by atoms with Gasteiger partial charge in [-0.15, -0.1) is 0 Å². The van der Waals surface area contributed by atoms with Gasteiger partial charge in [-0.3, -0.25) is 4.79 Å².